The van der Waals surface area contributed by atoms with Gasteiger partial charge in [-0.2, -0.15) is 0 Å². The van der Waals surface area contributed by atoms with E-state index < -0.39 is 0 Å². The summed E-state index contributed by atoms with van der Waals surface area (Å²) in [5.74, 6) is 0.172. The summed E-state index contributed by atoms with van der Waals surface area (Å²) in [6.45, 7) is 10.9. The molecule has 1 heteroatoms. The molecule has 0 saturated heterocycles. The van der Waals surface area contributed by atoms with Crippen LogP contribution in [-0.4, -0.2) is 6.29 Å². The van der Waals surface area contributed by atoms with Crippen LogP contribution in [0.3, 0.4) is 0 Å². The van der Waals surface area contributed by atoms with E-state index in [4.69, 9.17) is 0 Å². The van der Waals surface area contributed by atoms with Crippen LogP contribution in [0.1, 0.15) is 41.0 Å². The molecule has 0 saturated carbocycles. The van der Waals surface area contributed by atoms with Crippen molar-refractivity contribution < 1.29 is 4.79 Å². The van der Waals surface area contributed by atoms with Gasteiger partial charge in [-0.3, -0.25) is 0 Å². The first kappa shape index (κ1) is 10.5. The minimum absolute atomic E-state index is 0.0430. The predicted octanol–water partition coefficient (Wildman–Crippen LogP) is 3.20. The van der Waals surface area contributed by atoms with E-state index in [1.807, 2.05) is 0 Å². The van der Waals surface area contributed by atoms with Gasteiger partial charge in [0, 0.05) is 5.92 Å². The molecule has 1 rings (SSSR count). The van der Waals surface area contributed by atoms with E-state index in [1.165, 1.54) is 5.57 Å². The van der Waals surface area contributed by atoms with Gasteiger partial charge in [0.15, 0.2) is 0 Å². The summed E-state index contributed by atoms with van der Waals surface area (Å²) in [5.41, 5.74) is 1.65. The molecule has 0 fully saturated rings. The topological polar surface area (TPSA) is 17.1 Å². The number of allylic oxidation sites excluding steroid dienone is 2. The van der Waals surface area contributed by atoms with Crippen molar-refractivity contribution in [1.29, 1.82) is 0 Å². The highest BCUT2D eigenvalue weighted by atomic mass is 16.1. The molecule has 0 aromatic carbocycles. The van der Waals surface area contributed by atoms with Gasteiger partial charge in [-0.1, -0.05) is 39.3 Å². The third-order valence-corrected chi connectivity index (χ3v) is 3.51. The van der Waals surface area contributed by atoms with E-state index in [0.29, 0.717) is 0 Å². The second-order valence-corrected chi connectivity index (χ2v) is 5.48. The number of carbonyl (C=O) groups is 1. The third-order valence-electron chi connectivity index (χ3n) is 3.51. The molecule has 1 aliphatic carbocycles. The second-order valence-electron chi connectivity index (χ2n) is 5.48. The van der Waals surface area contributed by atoms with Gasteiger partial charge >= 0.3 is 0 Å². The van der Waals surface area contributed by atoms with Crippen molar-refractivity contribution in [2.24, 2.45) is 16.7 Å². The van der Waals surface area contributed by atoms with Crippen LogP contribution in [0.4, 0.5) is 0 Å². The molecule has 1 unspecified atom stereocenters. The smallest absolute Gasteiger partial charge is 0.123 e. The molecule has 1 aliphatic rings. The minimum atomic E-state index is 0.0430. The summed E-state index contributed by atoms with van der Waals surface area (Å²) in [6.07, 6.45) is 4.35. The van der Waals surface area contributed by atoms with Crippen molar-refractivity contribution in [2.75, 3.05) is 0 Å². The Morgan fingerprint density at radius 2 is 1.92 bits per heavy atom. The summed E-state index contributed by atoms with van der Waals surface area (Å²) in [6, 6.07) is 0. The van der Waals surface area contributed by atoms with Crippen molar-refractivity contribution in [3.05, 3.63) is 11.6 Å². The average molecular weight is 180 g/mol. The van der Waals surface area contributed by atoms with E-state index in [0.717, 1.165) is 12.7 Å². The van der Waals surface area contributed by atoms with Crippen LogP contribution >= 0.6 is 0 Å². The highest BCUT2D eigenvalue weighted by molar-refractivity contribution is 5.57. The van der Waals surface area contributed by atoms with E-state index in [9.17, 15) is 4.79 Å². The first-order valence-electron chi connectivity index (χ1n) is 4.95. The summed E-state index contributed by atoms with van der Waals surface area (Å²) in [5, 5.41) is 0. The monoisotopic (exact) mass is 180 g/mol. The van der Waals surface area contributed by atoms with Crippen LogP contribution in [0.15, 0.2) is 11.6 Å². The number of hydrogen-bond acceptors (Lipinski definition) is 1. The molecule has 1 nitrogen and oxygen atoms in total. The van der Waals surface area contributed by atoms with Crippen molar-refractivity contribution in [2.45, 2.75) is 41.0 Å². The van der Waals surface area contributed by atoms with Crippen LogP contribution in [0.25, 0.3) is 0 Å². The average Bonchev–Trinajstić information content (AvgIpc) is 1.97. The molecular formula is C12H20O. The highest BCUT2D eigenvalue weighted by Gasteiger charge is 2.38. The lowest BCUT2D eigenvalue weighted by Gasteiger charge is -2.41. The van der Waals surface area contributed by atoms with Gasteiger partial charge < -0.3 is 4.79 Å². The molecule has 0 aromatic heterocycles. The fraction of sp³-hybridized carbons (Fsp3) is 0.750. The minimum Gasteiger partial charge on any atom is -0.303 e. The van der Waals surface area contributed by atoms with E-state index in [-0.39, 0.29) is 16.7 Å². The Hall–Kier alpha value is -0.590. The van der Waals surface area contributed by atoms with Crippen molar-refractivity contribution in [1.82, 2.24) is 0 Å². The Labute approximate surface area is 81.2 Å². The van der Waals surface area contributed by atoms with Gasteiger partial charge in [0.1, 0.15) is 6.29 Å². The zero-order valence-corrected chi connectivity index (χ0v) is 9.35. The largest absolute Gasteiger partial charge is 0.303 e. The van der Waals surface area contributed by atoms with Gasteiger partial charge in [0.05, 0.1) is 0 Å². The SMILES string of the molecule is CC1=CC(C)(C)C(C=O)CC1(C)C. The Bertz CT molecular complexity index is 246. The number of aldehydes is 1. The van der Waals surface area contributed by atoms with Gasteiger partial charge in [0.2, 0.25) is 0 Å². The first-order valence-corrected chi connectivity index (χ1v) is 4.95. The number of hydrogen-bond donors (Lipinski definition) is 0. The van der Waals surface area contributed by atoms with Crippen molar-refractivity contribution >= 4 is 6.29 Å². The maximum Gasteiger partial charge on any atom is 0.123 e. The molecule has 74 valence electrons. The lowest BCUT2D eigenvalue weighted by atomic mass is 9.62. The lowest BCUT2D eigenvalue weighted by molar-refractivity contribution is -0.114. The molecule has 0 amide bonds. The molecule has 0 radical (unpaired) electrons. The van der Waals surface area contributed by atoms with Crippen molar-refractivity contribution in [3.63, 3.8) is 0 Å². The summed E-state index contributed by atoms with van der Waals surface area (Å²) < 4.78 is 0. The molecular weight excluding hydrogens is 160 g/mol. The molecule has 0 spiro atoms. The zero-order chi connectivity index (χ0) is 10.3. The highest BCUT2D eigenvalue weighted by Crippen LogP contribution is 2.46. The summed E-state index contributed by atoms with van der Waals surface area (Å²) in [4.78, 5) is 10.9. The fourth-order valence-electron chi connectivity index (χ4n) is 2.06. The molecule has 1 atom stereocenters. The lowest BCUT2D eigenvalue weighted by Crippen LogP contribution is -2.34. The predicted molar refractivity (Wildman–Crippen MR) is 55.5 cm³/mol. The van der Waals surface area contributed by atoms with E-state index >= 15 is 0 Å². The van der Waals surface area contributed by atoms with Gasteiger partial charge in [-0.05, 0) is 24.2 Å². The van der Waals surface area contributed by atoms with E-state index in [2.05, 4.69) is 40.7 Å². The Balaban J connectivity index is 3.06. The molecule has 0 N–H and O–H groups in total. The van der Waals surface area contributed by atoms with Crippen LogP contribution in [0, 0.1) is 16.7 Å². The van der Waals surface area contributed by atoms with Crippen LogP contribution in [-0.2, 0) is 4.79 Å². The molecule has 0 bridgehead atoms. The maximum atomic E-state index is 10.9. The standard InChI is InChI=1S/C12H20O/c1-9-6-12(4,5)10(8-13)7-11(9,2)3/h6,8,10H,7H2,1-5H3. The van der Waals surface area contributed by atoms with Gasteiger partial charge in [0.25, 0.3) is 0 Å². The number of carbonyl (C=O) groups excluding carboxylic acids is 1. The van der Waals surface area contributed by atoms with E-state index in [1.54, 1.807) is 0 Å². The molecule has 0 aliphatic heterocycles. The Morgan fingerprint density at radius 3 is 2.38 bits per heavy atom. The van der Waals surface area contributed by atoms with Crippen LogP contribution < -0.4 is 0 Å². The van der Waals surface area contributed by atoms with Gasteiger partial charge in [-0.25, -0.2) is 0 Å². The Kier molecular flexibility index (Phi) is 2.40. The normalized spacial score (nSPS) is 30.8. The molecule has 13 heavy (non-hydrogen) atoms. The first-order chi connectivity index (χ1) is 5.79. The molecule has 0 aromatic rings. The maximum absolute atomic E-state index is 10.9. The van der Waals surface area contributed by atoms with Crippen molar-refractivity contribution in [3.8, 4) is 0 Å². The quantitative estimate of drug-likeness (QED) is 0.447. The number of rotatable bonds is 1. The fourth-order valence-corrected chi connectivity index (χ4v) is 2.06. The second kappa shape index (κ2) is 2.97. The summed E-state index contributed by atoms with van der Waals surface area (Å²) in [7, 11) is 0. The zero-order valence-electron chi connectivity index (χ0n) is 9.35. The third kappa shape index (κ3) is 1.84. The molecule has 0 heterocycles. The Morgan fingerprint density at radius 1 is 1.38 bits per heavy atom. The van der Waals surface area contributed by atoms with Gasteiger partial charge in [-0.15, -0.1) is 0 Å². The summed E-state index contributed by atoms with van der Waals surface area (Å²) >= 11 is 0. The van der Waals surface area contributed by atoms with Crippen LogP contribution in [0.5, 0.6) is 0 Å². The van der Waals surface area contributed by atoms with Crippen LogP contribution in [0.2, 0.25) is 0 Å².